The monoisotopic (exact) mass is 306 g/mol. The van der Waals surface area contributed by atoms with Crippen LogP contribution in [0.25, 0.3) is 0 Å². The van der Waals surface area contributed by atoms with Crippen molar-refractivity contribution in [2.75, 3.05) is 0 Å². The Hall–Kier alpha value is -1.62. The summed E-state index contributed by atoms with van der Waals surface area (Å²) in [6.45, 7) is 0.318. The van der Waals surface area contributed by atoms with Gasteiger partial charge < -0.3 is 15.3 Å². The summed E-state index contributed by atoms with van der Waals surface area (Å²) in [5, 5.41) is 12.6. The number of benzene rings is 1. The van der Waals surface area contributed by atoms with E-state index < -0.39 is 0 Å². The number of carbonyl (C=O) groups excluding carboxylic acids is 1. The summed E-state index contributed by atoms with van der Waals surface area (Å²) in [6, 6.07) is 6.87. The van der Waals surface area contributed by atoms with E-state index in [1.54, 1.807) is 23.1 Å². The fraction of sp³-hybridized carbons (Fsp3) is 0.588. The number of amides is 2. The maximum Gasteiger partial charge on any atom is 0.318 e. The number of nitrogens with one attached hydrogen (secondary N) is 1. The summed E-state index contributed by atoms with van der Waals surface area (Å²) < 4.78 is 13.8. The second-order valence-corrected chi connectivity index (χ2v) is 6.41. The van der Waals surface area contributed by atoms with Gasteiger partial charge in [0.2, 0.25) is 0 Å². The van der Waals surface area contributed by atoms with Crippen molar-refractivity contribution in [3.63, 3.8) is 0 Å². The van der Waals surface area contributed by atoms with E-state index in [4.69, 9.17) is 0 Å². The number of aliphatic hydroxyl groups excluding tert-OH is 1. The first-order valence-electron chi connectivity index (χ1n) is 8.12. The van der Waals surface area contributed by atoms with Gasteiger partial charge in [0.15, 0.2) is 0 Å². The smallest absolute Gasteiger partial charge is 0.318 e. The average Bonchev–Trinajstić information content (AvgIpc) is 3.33. The van der Waals surface area contributed by atoms with Crippen molar-refractivity contribution in [2.45, 2.75) is 63.3 Å². The molecule has 2 aliphatic rings. The lowest BCUT2D eigenvalue weighted by atomic mass is 9.93. The van der Waals surface area contributed by atoms with E-state index in [9.17, 15) is 14.3 Å². The molecule has 0 saturated heterocycles. The van der Waals surface area contributed by atoms with Crippen LogP contribution in [0.1, 0.15) is 44.1 Å². The third-order valence-electron chi connectivity index (χ3n) is 4.57. The van der Waals surface area contributed by atoms with Crippen LogP contribution in [0.15, 0.2) is 24.3 Å². The molecule has 1 aromatic carbocycles. The number of hydrogen-bond acceptors (Lipinski definition) is 2. The summed E-state index contributed by atoms with van der Waals surface area (Å²) in [7, 11) is 0. The van der Waals surface area contributed by atoms with Gasteiger partial charge in [0.25, 0.3) is 0 Å². The highest BCUT2D eigenvalue weighted by molar-refractivity contribution is 5.75. The first-order valence-corrected chi connectivity index (χ1v) is 8.12. The molecule has 0 aliphatic heterocycles. The molecular formula is C17H23FN2O2. The molecule has 2 fully saturated rings. The highest BCUT2D eigenvalue weighted by Gasteiger charge is 2.34. The van der Waals surface area contributed by atoms with Gasteiger partial charge in [-0.25, -0.2) is 9.18 Å². The number of urea groups is 1. The summed E-state index contributed by atoms with van der Waals surface area (Å²) >= 11 is 0. The number of hydrogen-bond donors (Lipinski definition) is 2. The van der Waals surface area contributed by atoms with Crippen LogP contribution in [0.4, 0.5) is 9.18 Å². The summed E-state index contributed by atoms with van der Waals surface area (Å²) in [5.74, 6) is -0.262. The van der Waals surface area contributed by atoms with Crippen LogP contribution in [0, 0.1) is 5.82 Å². The topological polar surface area (TPSA) is 52.6 Å². The Kier molecular flexibility index (Phi) is 4.62. The molecule has 0 unspecified atom stereocenters. The molecule has 2 amide bonds. The van der Waals surface area contributed by atoms with Crippen molar-refractivity contribution in [1.29, 1.82) is 0 Å². The number of aliphatic hydroxyl groups is 1. The van der Waals surface area contributed by atoms with Gasteiger partial charge >= 0.3 is 6.03 Å². The number of rotatable bonds is 4. The van der Waals surface area contributed by atoms with Gasteiger partial charge in [0.05, 0.1) is 12.6 Å². The molecule has 120 valence electrons. The lowest BCUT2D eigenvalue weighted by Crippen LogP contribution is -2.47. The number of carbonyl (C=O) groups is 1. The SMILES string of the molecule is O=C(NC1CCC(O)CC1)N(Cc1ccccc1F)C1CC1. The van der Waals surface area contributed by atoms with E-state index in [-0.39, 0.29) is 30.0 Å². The van der Waals surface area contributed by atoms with Gasteiger partial charge in [-0.3, -0.25) is 0 Å². The fourth-order valence-corrected chi connectivity index (χ4v) is 3.04. The largest absolute Gasteiger partial charge is 0.393 e. The maximum atomic E-state index is 13.8. The molecule has 0 radical (unpaired) electrons. The lowest BCUT2D eigenvalue weighted by molar-refractivity contribution is 0.114. The van der Waals surface area contributed by atoms with Gasteiger partial charge in [-0.2, -0.15) is 0 Å². The summed E-state index contributed by atoms with van der Waals surface area (Å²) in [5.41, 5.74) is 0.559. The molecular weight excluding hydrogens is 283 g/mol. The highest BCUT2D eigenvalue weighted by Crippen LogP contribution is 2.29. The first-order chi connectivity index (χ1) is 10.6. The average molecular weight is 306 g/mol. The van der Waals surface area contributed by atoms with Gasteiger partial charge in [0, 0.05) is 17.6 Å². The van der Waals surface area contributed by atoms with Gasteiger partial charge in [-0.05, 0) is 44.6 Å². The second kappa shape index (κ2) is 6.65. The predicted molar refractivity (Wildman–Crippen MR) is 81.8 cm³/mol. The first kappa shape index (κ1) is 15.3. The second-order valence-electron chi connectivity index (χ2n) is 6.41. The predicted octanol–water partition coefficient (Wildman–Crippen LogP) is 2.80. The molecule has 2 N–H and O–H groups in total. The minimum absolute atomic E-state index is 0.104. The fourth-order valence-electron chi connectivity index (χ4n) is 3.04. The Morgan fingerprint density at radius 3 is 2.50 bits per heavy atom. The van der Waals surface area contributed by atoms with E-state index in [1.807, 2.05) is 0 Å². The van der Waals surface area contributed by atoms with Gasteiger partial charge in [-0.1, -0.05) is 18.2 Å². The maximum absolute atomic E-state index is 13.8. The van der Waals surface area contributed by atoms with Crippen LogP contribution in [0.2, 0.25) is 0 Å². The van der Waals surface area contributed by atoms with E-state index in [2.05, 4.69) is 5.32 Å². The van der Waals surface area contributed by atoms with Crippen molar-refractivity contribution < 1.29 is 14.3 Å². The molecule has 0 bridgehead atoms. The van der Waals surface area contributed by atoms with Gasteiger partial charge in [0.1, 0.15) is 5.82 Å². The third-order valence-corrected chi connectivity index (χ3v) is 4.57. The highest BCUT2D eigenvalue weighted by atomic mass is 19.1. The van der Waals surface area contributed by atoms with Crippen LogP contribution in [0.5, 0.6) is 0 Å². The van der Waals surface area contributed by atoms with Crippen molar-refractivity contribution >= 4 is 6.03 Å². The molecule has 22 heavy (non-hydrogen) atoms. The molecule has 2 saturated carbocycles. The zero-order valence-corrected chi connectivity index (χ0v) is 12.7. The molecule has 0 atom stereocenters. The Morgan fingerprint density at radius 2 is 1.86 bits per heavy atom. The Bertz CT molecular complexity index is 525. The van der Waals surface area contributed by atoms with E-state index in [1.165, 1.54) is 6.07 Å². The third kappa shape index (κ3) is 3.77. The Balaban J connectivity index is 1.61. The quantitative estimate of drug-likeness (QED) is 0.899. The minimum Gasteiger partial charge on any atom is -0.393 e. The molecule has 3 rings (SSSR count). The van der Waals surface area contributed by atoms with E-state index >= 15 is 0 Å². The molecule has 1 aromatic rings. The summed E-state index contributed by atoms with van der Waals surface area (Å²) in [4.78, 5) is 14.3. The van der Waals surface area contributed by atoms with Gasteiger partial charge in [-0.15, -0.1) is 0 Å². The molecule has 0 aromatic heterocycles. The number of nitrogens with zero attached hydrogens (tertiary/aromatic N) is 1. The summed E-state index contributed by atoms with van der Waals surface area (Å²) in [6.07, 6.45) is 4.85. The Labute approximate surface area is 130 Å². The zero-order valence-electron chi connectivity index (χ0n) is 12.7. The van der Waals surface area contributed by atoms with Crippen molar-refractivity contribution in [1.82, 2.24) is 10.2 Å². The molecule has 0 spiro atoms. The molecule has 4 nitrogen and oxygen atoms in total. The van der Waals surface area contributed by atoms with Crippen molar-refractivity contribution in [3.05, 3.63) is 35.6 Å². The van der Waals surface area contributed by atoms with Crippen molar-refractivity contribution in [3.8, 4) is 0 Å². The van der Waals surface area contributed by atoms with E-state index in [0.717, 1.165) is 38.5 Å². The standard InChI is InChI=1S/C17H23FN2O2/c18-16-4-2-1-3-12(16)11-20(14-7-8-14)17(22)19-13-5-9-15(21)10-6-13/h1-4,13-15,21H,5-11H2,(H,19,22). The van der Waals surface area contributed by atoms with Crippen LogP contribution in [-0.4, -0.2) is 34.2 Å². The molecule has 2 aliphatic carbocycles. The van der Waals surface area contributed by atoms with Crippen LogP contribution >= 0.6 is 0 Å². The molecule has 5 heteroatoms. The minimum atomic E-state index is -0.262. The zero-order chi connectivity index (χ0) is 15.5. The number of halogens is 1. The lowest BCUT2D eigenvalue weighted by Gasteiger charge is -2.30. The van der Waals surface area contributed by atoms with Crippen LogP contribution < -0.4 is 5.32 Å². The van der Waals surface area contributed by atoms with Crippen LogP contribution in [-0.2, 0) is 6.54 Å². The van der Waals surface area contributed by atoms with E-state index in [0.29, 0.717) is 12.1 Å². The van der Waals surface area contributed by atoms with Crippen molar-refractivity contribution in [2.24, 2.45) is 0 Å². The Morgan fingerprint density at radius 1 is 1.18 bits per heavy atom. The normalized spacial score (nSPS) is 24.8. The van der Waals surface area contributed by atoms with Crippen LogP contribution in [0.3, 0.4) is 0 Å². The molecule has 0 heterocycles.